The fourth-order valence-corrected chi connectivity index (χ4v) is 2.55. The molecule has 1 aromatic carbocycles. The Morgan fingerprint density at radius 3 is 2.48 bits per heavy atom. The van der Waals surface area contributed by atoms with E-state index in [1.807, 2.05) is 0 Å². The van der Waals surface area contributed by atoms with Crippen LogP contribution in [0.25, 0.3) is 0 Å². The largest absolute Gasteiger partial charge is 0.404 e. The lowest BCUT2D eigenvalue weighted by Crippen LogP contribution is -2.52. The first-order valence-corrected chi connectivity index (χ1v) is 6.98. The van der Waals surface area contributed by atoms with Gasteiger partial charge in [-0.25, -0.2) is 0 Å². The van der Waals surface area contributed by atoms with E-state index in [9.17, 15) is 18.0 Å². The molecule has 0 aromatic heterocycles. The molecule has 0 aliphatic carbocycles. The van der Waals surface area contributed by atoms with E-state index < -0.39 is 23.5 Å². The SMILES string of the molecule is C[C@@H](NC(=O)C1(C(F)(F)F)CCNC1)c1ccc(Cl)cc1. The van der Waals surface area contributed by atoms with E-state index in [-0.39, 0.29) is 19.5 Å². The summed E-state index contributed by atoms with van der Waals surface area (Å²) in [4.78, 5) is 12.2. The predicted octanol–water partition coefficient (Wildman–Crippen LogP) is 3.06. The summed E-state index contributed by atoms with van der Waals surface area (Å²) in [5.74, 6) is -0.984. The smallest absolute Gasteiger partial charge is 0.349 e. The fraction of sp³-hybridized carbons (Fsp3) is 0.500. The minimum absolute atomic E-state index is 0.183. The molecule has 0 saturated carbocycles. The van der Waals surface area contributed by atoms with Crippen LogP contribution in [0.3, 0.4) is 0 Å². The molecule has 2 N–H and O–H groups in total. The minimum atomic E-state index is -4.57. The number of rotatable bonds is 3. The normalized spacial score (nSPS) is 23.9. The van der Waals surface area contributed by atoms with Crippen molar-refractivity contribution < 1.29 is 18.0 Å². The second-order valence-corrected chi connectivity index (χ2v) is 5.69. The fourth-order valence-electron chi connectivity index (χ4n) is 2.43. The van der Waals surface area contributed by atoms with Crippen LogP contribution >= 0.6 is 11.6 Å². The summed E-state index contributed by atoms with van der Waals surface area (Å²) < 4.78 is 39.8. The van der Waals surface area contributed by atoms with Gasteiger partial charge < -0.3 is 10.6 Å². The minimum Gasteiger partial charge on any atom is -0.349 e. The number of carbonyl (C=O) groups excluding carboxylic acids is 1. The number of amides is 1. The van der Waals surface area contributed by atoms with Crippen LogP contribution in [0.5, 0.6) is 0 Å². The van der Waals surface area contributed by atoms with Crippen molar-refractivity contribution in [1.82, 2.24) is 10.6 Å². The van der Waals surface area contributed by atoms with Gasteiger partial charge in [-0.2, -0.15) is 13.2 Å². The summed E-state index contributed by atoms with van der Waals surface area (Å²) in [6, 6.07) is 6.11. The van der Waals surface area contributed by atoms with E-state index in [1.54, 1.807) is 31.2 Å². The van der Waals surface area contributed by atoms with E-state index in [0.717, 1.165) is 0 Å². The Hall–Kier alpha value is -1.27. The van der Waals surface area contributed by atoms with Crippen LogP contribution < -0.4 is 10.6 Å². The number of hydrogen-bond acceptors (Lipinski definition) is 2. The van der Waals surface area contributed by atoms with E-state index in [0.29, 0.717) is 10.6 Å². The van der Waals surface area contributed by atoms with Crippen LogP contribution in [-0.4, -0.2) is 25.2 Å². The van der Waals surface area contributed by atoms with Crippen molar-refractivity contribution in [2.24, 2.45) is 5.41 Å². The van der Waals surface area contributed by atoms with Crippen molar-refractivity contribution >= 4 is 17.5 Å². The van der Waals surface area contributed by atoms with Gasteiger partial charge in [0.2, 0.25) is 5.91 Å². The predicted molar refractivity (Wildman–Crippen MR) is 74.0 cm³/mol. The van der Waals surface area contributed by atoms with Crippen LogP contribution in [0.15, 0.2) is 24.3 Å². The molecule has 1 heterocycles. The average molecular weight is 321 g/mol. The number of halogens is 4. The van der Waals surface area contributed by atoms with Gasteiger partial charge in [-0.3, -0.25) is 4.79 Å². The molecule has 3 nitrogen and oxygen atoms in total. The summed E-state index contributed by atoms with van der Waals surface area (Å²) in [5, 5.41) is 5.62. The molecule has 0 radical (unpaired) electrons. The Morgan fingerprint density at radius 2 is 2.00 bits per heavy atom. The molecule has 1 unspecified atom stereocenters. The zero-order valence-corrected chi connectivity index (χ0v) is 12.2. The maximum absolute atomic E-state index is 13.3. The van der Waals surface area contributed by atoms with Crippen LogP contribution in [0, 0.1) is 5.41 Å². The highest BCUT2D eigenvalue weighted by atomic mass is 35.5. The molecule has 0 bridgehead atoms. The van der Waals surface area contributed by atoms with Gasteiger partial charge in [-0.1, -0.05) is 23.7 Å². The summed E-state index contributed by atoms with van der Waals surface area (Å²) in [6.45, 7) is 1.45. The number of nitrogens with one attached hydrogen (secondary N) is 2. The highest BCUT2D eigenvalue weighted by molar-refractivity contribution is 6.30. The van der Waals surface area contributed by atoms with Crippen molar-refractivity contribution in [2.45, 2.75) is 25.6 Å². The van der Waals surface area contributed by atoms with Crippen LogP contribution in [0.1, 0.15) is 24.9 Å². The van der Waals surface area contributed by atoms with Gasteiger partial charge in [0.15, 0.2) is 5.41 Å². The van der Waals surface area contributed by atoms with Crippen molar-refractivity contribution in [3.63, 3.8) is 0 Å². The molecule has 7 heteroatoms. The summed E-state index contributed by atoms with van der Waals surface area (Å²) in [6.07, 6.45) is -4.81. The molecule has 1 aliphatic heterocycles. The van der Waals surface area contributed by atoms with Gasteiger partial charge in [0.1, 0.15) is 0 Å². The van der Waals surface area contributed by atoms with Crippen LogP contribution in [-0.2, 0) is 4.79 Å². The Labute approximate surface area is 125 Å². The number of hydrogen-bond donors (Lipinski definition) is 2. The molecule has 1 amide bonds. The highest BCUT2D eigenvalue weighted by Gasteiger charge is 2.61. The van der Waals surface area contributed by atoms with E-state index in [1.165, 1.54) is 0 Å². The molecule has 1 aliphatic rings. The molecular weight excluding hydrogens is 305 g/mol. The van der Waals surface area contributed by atoms with Crippen molar-refractivity contribution in [2.75, 3.05) is 13.1 Å². The number of carbonyl (C=O) groups is 1. The molecule has 1 saturated heterocycles. The Kier molecular flexibility index (Phi) is 4.49. The zero-order chi connectivity index (χ0) is 15.7. The van der Waals surface area contributed by atoms with Crippen molar-refractivity contribution in [3.05, 3.63) is 34.9 Å². The van der Waals surface area contributed by atoms with Gasteiger partial charge in [0.05, 0.1) is 6.04 Å². The quantitative estimate of drug-likeness (QED) is 0.898. The first kappa shape index (κ1) is 16.1. The Bertz CT molecular complexity index is 510. The molecule has 21 heavy (non-hydrogen) atoms. The maximum atomic E-state index is 13.3. The molecule has 2 rings (SSSR count). The van der Waals surface area contributed by atoms with Gasteiger partial charge in [-0.05, 0) is 37.6 Å². The van der Waals surface area contributed by atoms with Crippen molar-refractivity contribution in [1.29, 1.82) is 0 Å². The topological polar surface area (TPSA) is 41.1 Å². The average Bonchev–Trinajstić information content (AvgIpc) is 2.89. The second kappa shape index (κ2) is 5.85. The molecule has 2 atom stereocenters. The highest BCUT2D eigenvalue weighted by Crippen LogP contribution is 2.43. The molecular formula is C14H16ClF3N2O. The molecule has 0 spiro atoms. The summed E-state index contributed by atoms with van der Waals surface area (Å²) in [5.41, 5.74) is -1.63. The lowest BCUT2D eigenvalue weighted by Gasteiger charge is -2.31. The monoisotopic (exact) mass is 320 g/mol. The third-order valence-corrected chi connectivity index (χ3v) is 4.10. The van der Waals surface area contributed by atoms with E-state index >= 15 is 0 Å². The molecule has 1 aromatic rings. The number of alkyl halides is 3. The van der Waals surface area contributed by atoms with E-state index in [2.05, 4.69) is 10.6 Å². The zero-order valence-electron chi connectivity index (χ0n) is 11.4. The Balaban J connectivity index is 2.14. The molecule has 116 valence electrons. The molecule has 1 fully saturated rings. The third kappa shape index (κ3) is 3.16. The third-order valence-electron chi connectivity index (χ3n) is 3.85. The van der Waals surface area contributed by atoms with Gasteiger partial charge >= 0.3 is 6.18 Å². The van der Waals surface area contributed by atoms with Crippen molar-refractivity contribution in [3.8, 4) is 0 Å². The van der Waals surface area contributed by atoms with Crippen LogP contribution in [0.2, 0.25) is 5.02 Å². The Morgan fingerprint density at radius 1 is 1.38 bits per heavy atom. The lowest BCUT2D eigenvalue weighted by molar-refractivity contribution is -0.216. The van der Waals surface area contributed by atoms with Gasteiger partial charge in [0, 0.05) is 11.6 Å². The second-order valence-electron chi connectivity index (χ2n) is 5.25. The lowest BCUT2D eigenvalue weighted by atomic mass is 9.84. The first-order valence-electron chi connectivity index (χ1n) is 6.60. The van der Waals surface area contributed by atoms with E-state index in [4.69, 9.17) is 11.6 Å². The van der Waals surface area contributed by atoms with Gasteiger partial charge in [0.25, 0.3) is 0 Å². The summed E-state index contributed by atoms with van der Waals surface area (Å²) in [7, 11) is 0. The van der Waals surface area contributed by atoms with Gasteiger partial charge in [-0.15, -0.1) is 0 Å². The van der Waals surface area contributed by atoms with Crippen LogP contribution in [0.4, 0.5) is 13.2 Å². The number of benzene rings is 1. The first-order chi connectivity index (χ1) is 9.76. The standard InChI is InChI=1S/C14H16ClF3N2O/c1-9(10-2-4-11(15)5-3-10)20-12(21)13(14(16,17)18)6-7-19-8-13/h2-5,9,19H,6-8H2,1H3,(H,20,21)/t9-,13?/m1/s1. The maximum Gasteiger partial charge on any atom is 0.404 e. The summed E-state index contributed by atoms with van der Waals surface area (Å²) >= 11 is 5.76.